The number of amides is 1. The Morgan fingerprint density at radius 2 is 2.06 bits per heavy atom. The Kier molecular flexibility index (Phi) is 5.57. The molecule has 0 aliphatic rings. The Balaban J connectivity index is 1.54. The van der Waals surface area contributed by atoms with Crippen molar-refractivity contribution in [3.63, 3.8) is 0 Å². The van der Waals surface area contributed by atoms with E-state index in [1.54, 1.807) is 12.3 Å². The van der Waals surface area contributed by atoms with Crippen molar-refractivity contribution in [1.29, 1.82) is 0 Å². The minimum atomic E-state index is -0.754. The molecule has 1 atom stereocenters. The second-order valence-electron chi connectivity index (χ2n) is 7.55. The number of benzene rings is 2. The van der Waals surface area contributed by atoms with Crippen molar-refractivity contribution in [3.8, 4) is 18.1 Å². The van der Waals surface area contributed by atoms with Crippen LogP contribution in [0.15, 0.2) is 59.3 Å². The average Bonchev–Trinajstić information content (AvgIpc) is 3.21. The first-order chi connectivity index (χ1) is 14.9. The highest BCUT2D eigenvalue weighted by Crippen LogP contribution is 2.29. The third-order valence-electron chi connectivity index (χ3n) is 4.90. The molecule has 31 heavy (non-hydrogen) atoms. The molecular formula is C24H21N3O3S. The monoisotopic (exact) mass is 431 g/mol. The van der Waals surface area contributed by atoms with Crippen LogP contribution < -0.4 is 10.1 Å². The minimum absolute atomic E-state index is 0.264. The first-order valence-corrected chi connectivity index (χ1v) is 10.9. The molecule has 1 N–H and O–H groups in total. The lowest BCUT2D eigenvalue weighted by Gasteiger charge is -2.27. The van der Waals surface area contributed by atoms with Gasteiger partial charge in [0.05, 0.1) is 11.1 Å². The number of nitrogens with zero attached hydrogens (tertiary/aromatic N) is 2. The number of carbonyl (C=O) groups is 1. The number of thioether (sulfide) groups is 1. The molecule has 6 nitrogen and oxygen atoms in total. The summed E-state index contributed by atoms with van der Waals surface area (Å²) in [6.45, 7) is 3.77. The zero-order valence-electron chi connectivity index (χ0n) is 17.4. The van der Waals surface area contributed by atoms with Gasteiger partial charge in [-0.05, 0) is 56.5 Å². The van der Waals surface area contributed by atoms with Crippen LogP contribution in [0.2, 0.25) is 0 Å². The molecule has 2 aromatic carbocycles. The number of ether oxygens (including phenoxy) is 1. The summed E-state index contributed by atoms with van der Waals surface area (Å²) < 4.78 is 11.4. The van der Waals surface area contributed by atoms with Crippen LogP contribution >= 0.6 is 11.8 Å². The molecule has 1 amide bonds. The number of rotatable bonds is 6. The van der Waals surface area contributed by atoms with Gasteiger partial charge in [0.1, 0.15) is 11.4 Å². The summed E-state index contributed by atoms with van der Waals surface area (Å²) in [5.74, 6) is 2.87. The Bertz CT molecular complexity index is 1310. The molecule has 0 saturated heterocycles. The summed E-state index contributed by atoms with van der Waals surface area (Å²) in [4.78, 5) is 17.4. The van der Waals surface area contributed by atoms with Gasteiger partial charge in [-0.2, -0.15) is 0 Å². The number of carbonyl (C=O) groups excluding carboxylic acids is 1. The number of hydrogen-bond acceptors (Lipinski definition) is 6. The van der Waals surface area contributed by atoms with Crippen molar-refractivity contribution in [1.82, 2.24) is 15.5 Å². The van der Waals surface area contributed by atoms with Gasteiger partial charge in [-0.25, -0.2) is 0 Å². The van der Waals surface area contributed by atoms with Gasteiger partial charge in [-0.1, -0.05) is 23.2 Å². The SMILES string of the molecule is C#Cc1cnc2ccc(OC(SC)C(=O)NC(C)(C)c3noc4ccccc34)cc2c1. The van der Waals surface area contributed by atoms with Crippen molar-refractivity contribution in [2.75, 3.05) is 6.26 Å². The van der Waals surface area contributed by atoms with Gasteiger partial charge < -0.3 is 14.6 Å². The van der Waals surface area contributed by atoms with Crippen LogP contribution in [0.3, 0.4) is 0 Å². The molecule has 4 aromatic rings. The maximum Gasteiger partial charge on any atom is 0.272 e. The first kappa shape index (κ1) is 20.8. The summed E-state index contributed by atoms with van der Waals surface area (Å²) >= 11 is 1.30. The van der Waals surface area contributed by atoms with Gasteiger partial charge in [0.2, 0.25) is 5.44 Å². The second kappa shape index (κ2) is 8.32. The molecule has 156 valence electrons. The number of pyridine rings is 1. The van der Waals surface area contributed by atoms with Crippen molar-refractivity contribution >= 4 is 39.5 Å². The zero-order valence-corrected chi connectivity index (χ0v) is 18.2. The minimum Gasteiger partial charge on any atom is -0.470 e. The Morgan fingerprint density at radius 3 is 2.84 bits per heavy atom. The first-order valence-electron chi connectivity index (χ1n) is 9.64. The highest BCUT2D eigenvalue weighted by Gasteiger charge is 2.32. The van der Waals surface area contributed by atoms with Crippen LogP contribution in [-0.4, -0.2) is 27.7 Å². The standard InChI is InChI=1S/C24H21N3O3S/c1-5-15-12-16-13-17(10-11-19(16)25-14-15)29-23(31-4)22(28)26-24(2,3)21-18-8-6-7-9-20(18)30-27-21/h1,6-14,23H,2-4H3,(H,26,28). The number of terminal acetylenes is 1. The summed E-state index contributed by atoms with van der Waals surface area (Å²) in [6.07, 6.45) is 8.94. The number of aromatic nitrogens is 2. The molecule has 1 unspecified atom stereocenters. The molecule has 0 radical (unpaired) electrons. The number of hydrogen-bond donors (Lipinski definition) is 1. The van der Waals surface area contributed by atoms with E-state index in [-0.39, 0.29) is 5.91 Å². The van der Waals surface area contributed by atoms with E-state index in [0.29, 0.717) is 22.6 Å². The molecule has 2 aromatic heterocycles. The highest BCUT2D eigenvalue weighted by molar-refractivity contribution is 7.99. The molecule has 0 bridgehead atoms. The van der Waals surface area contributed by atoms with E-state index in [9.17, 15) is 4.79 Å². The Hall–Kier alpha value is -3.50. The van der Waals surface area contributed by atoms with Crippen molar-refractivity contribution < 1.29 is 14.1 Å². The van der Waals surface area contributed by atoms with Gasteiger partial charge in [0.25, 0.3) is 5.91 Å². The fourth-order valence-corrected chi connectivity index (χ4v) is 3.84. The highest BCUT2D eigenvalue weighted by atomic mass is 32.2. The molecule has 0 aliphatic heterocycles. The van der Waals surface area contributed by atoms with Crippen LogP contribution in [-0.2, 0) is 10.3 Å². The van der Waals surface area contributed by atoms with Gasteiger partial charge in [-0.3, -0.25) is 9.78 Å². The predicted octanol–water partition coefficient (Wildman–Crippen LogP) is 4.48. The van der Waals surface area contributed by atoms with E-state index in [0.717, 1.165) is 16.3 Å². The van der Waals surface area contributed by atoms with Crippen molar-refractivity contribution in [2.24, 2.45) is 0 Å². The average molecular weight is 432 g/mol. The van der Waals surface area contributed by atoms with Crippen LogP contribution in [0.5, 0.6) is 5.75 Å². The quantitative estimate of drug-likeness (QED) is 0.358. The molecular weight excluding hydrogens is 410 g/mol. The second-order valence-corrected chi connectivity index (χ2v) is 8.45. The van der Waals surface area contributed by atoms with E-state index in [1.165, 1.54) is 11.8 Å². The topological polar surface area (TPSA) is 77.2 Å². The smallest absolute Gasteiger partial charge is 0.272 e. The van der Waals surface area contributed by atoms with Gasteiger partial charge in [0.15, 0.2) is 5.58 Å². The van der Waals surface area contributed by atoms with E-state index in [2.05, 4.69) is 21.4 Å². The summed E-state index contributed by atoms with van der Waals surface area (Å²) in [7, 11) is 0. The molecule has 7 heteroatoms. The summed E-state index contributed by atoms with van der Waals surface area (Å²) in [5, 5.41) is 8.92. The largest absolute Gasteiger partial charge is 0.470 e. The van der Waals surface area contributed by atoms with Crippen LogP contribution in [0.1, 0.15) is 25.1 Å². The maximum absolute atomic E-state index is 13.0. The normalized spacial score (nSPS) is 12.5. The molecule has 0 saturated carbocycles. The van der Waals surface area contributed by atoms with E-state index in [1.807, 2.05) is 62.6 Å². The fraction of sp³-hybridized carbons (Fsp3) is 0.208. The number of para-hydroxylation sites is 1. The zero-order chi connectivity index (χ0) is 22.0. The van der Waals surface area contributed by atoms with Gasteiger partial charge >= 0.3 is 0 Å². The Labute approximate surface area is 184 Å². The lowest BCUT2D eigenvalue weighted by Crippen LogP contribution is -2.46. The summed E-state index contributed by atoms with van der Waals surface area (Å²) in [6, 6.07) is 14.9. The van der Waals surface area contributed by atoms with E-state index >= 15 is 0 Å². The van der Waals surface area contributed by atoms with E-state index in [4.69, 9.17) is 15.7 Å². The molecule has 4 rings (SSSR count). The molecule has 0 fully saturated rings. The van der Waals surface area contributed by atoms with Crippen LogP contribution in [0.25, 0.3) is 21.9 Å². The van der Waals surface area contributed by atoms with E-state index < -0.39 is 11.0 Å². The number of nitrogens with one attached hydrogen (secondary N) is 1. The van der Waals surface area contributed by atoms with Crippen molar-refractivity contribution in [3.05, 3.63) is 66.0 Å². The molecule has 0 spiro atoms. The van der Waals surface area contributed by atoms with Gasteiger partial charge in [0, 0.05) is 22.5 Å². The Morgan fingerprint density at radius 1 is 1.26 bits per heavy atom. The predicted molar refractivity (Wildman–Crippen MR) is 123 cm³/mol. The van der Waals surface area contributed by atoms with Gasteiger partial charge in [-0.15, -0.1) is 18.2 Å². The van der Waals surface area contributed by atoms with Crippen LogP contribution in [0, 0.1) is 12.3 Å². The lowest BCUT2D eigenvalue weighted by atomic mass is 9.97. The third kappa shape index (κ3) is 4.21. The fourth-order valence-electron chi connectivity index (χ4n) is 3.36. The maximum atomic E-state index is 13.0. The van der Waals surface area contributed by atoms with Crippen molar-refractivity contribution in [2.45, 2.75) is 24.8 Å². The van der Waals surface area contributed by atoms with Crippen LogP contribution in [0.4, 0.5) is 0 Å². The number of fused-ring (bicyclic) bond motifs is 2. The third-order valence-corrected chi connectivity index (χ3v) is 5.63. The molecule has 2 heterocycles. The molecule has 0 aliphatic carbocycles. The summed E-state index contributed by atoms with van der Waals surface area (Å²) in [5.41, 5.74) is 1.32. The lowest BCUT2D eigenvalue weighted by molar-refractivity contribution is -0.126.